The smallest absolute Gasteiger partial charge is 0.152 e. The number of sulfone groups is 1. The van der Waals surface area contributed by atoms with Gasteiger partial charge in [0.1, 0.15) is 0 Å². The highest BCUT2D eigenvalue weighted by Gasteiger charge is 2.52. The summed E-state index contributed by atoms with van der Waals surface area (Å²) in [7, 11) is -3.02. The Kier molecular flexibility index (Phi) is 4.29. The van der Waals surface area contributed by atoms with Crippen LogP contribution in [0.2, 0.25) is 0 Å². The molecule has 0 aromatic heterocycles. The maximum absolute atomic E-state index is 12.1. The van der Waals surface area contributed by atoms with Crippen LogP contribution in [-0.2, 0) is 9.84 Å². The van der Waals surface area contributed by atoms with Crippen molar-refractivity contribution in [3.05, 3.63) is 0 Å². The molecule has 0 aromatic carbocycles. The molecule has 1 aliphatic heterocycles. The second kappa shape index (κ2) is 5.34. The van der Waals surface area contributed by atoms with Crippen LogP contribution in [0.25, 0.3) is 0 Å². The van der Waals surface area contributed by atoms with E-state index in [1.807, 2.05) is 0 Å². The molecule has 2 fully saturated rings. The van der Waals surface area contributed by atoms with E-state index < -0.39 is 9.84 Å². The van der Waals surface area contributed by atoms with E-state index in [-0.39, 0.29) is 10.8 Å². The first-order valence-electron chi connectivity index (χ1n) is 7.45. The summed E-state index contributed by atoms with van der Waals surface area (Å²) in [5.74, 6) is 1.35. The van der Waals surface area contributed by atoms with Crippen LogP contribution in [0.15, 0.2) is 0 Å². The maximum atomic E-state index is 12.1. The Morgan fingerprint density at radius 1 is 1.37 bits per heavy atom. The molecule has 4 nitrogen and oxygen atoms in total. The number of hydrogen-bond acceptors (Lipinski definition) is 4. The third kappa shape index (κ3) is 2.69. The average Bonchev–Trinajstić information content (AvgIpc) is 2.95. The van der Waals surface area contributed by atoms with E-state index >= 15 is 0 Å². The summed E-state index contributed by atoms with van der Waals surface area (Å²) in [6.45, 7) is 7.00. The molecule has 1 saturated heterocycles. The van der Waals surface area contributed by atoms with Crippen molar-refractivity contribution in [1.29, 1.82) is 0 Å². The van der Waals surface area contributed by atoms with Crippen LogP contribution >= 0.6 is 0 Å². The minimum absolute atomic E-state index is 0.268. The predicted molar refractivity (Wildman–Crippen MR) is 78.8 cm³/mol. The van der Waals surface area contributed by atoms with Gasteiger partial charge in [-0.05, 0) is 37.6 Å². The molecule has 19 heavy (non-hydrogen) atoms. The highest BCUT2D eigenvalue weighted by atomic mass is 32.2. The Morgan fingerprint density at radius 2 is 2.05 bits per heavy atom. The van der Waals surface area contributed by atoms with E-state index in [2.05, 4.69) is 18.7 Å². The zero-order valence-electron chi connectivity index (χ0n) is 12.4. The van der Waals surface area contributed by atoms with Gasteiger partial charge in [0, 0.05) is 24.9 Å². The minimum atomic E-state index is -3.02. The quantitative estimate of drug-likeness (QED) is 0.846. The van der Waals surface area contributed by atoms with Gasteiger partial charge in [-0.3, -0.25) is 4.90 Å². The molecule has 2 aliphatic rings. The zero-order valence-corrected chi connectivity index (χ0v) is 13.2. The van der Waals surface area contributed by atoms with Crippen LogP contribution in [0.1, 0.15) is 39.5 Å². The Labute approximate surface area is 117 Å². The molecule has 0 amide bonds. The highest BCUT2D eigenvalue weighted by Crippen LogP contribution is 2.42. The molecule has 5 heteroatoms. The summed E-state index contributed by atoms with van der Waals surface area (Å²) in [6, 6.07) is 0. The number of nitrogens with zero attached hydrogens (tertiary/aromatic N) is 1. The normalized spacial score (nSPS) is 37.3. The van der Waals surface area contributed by atoms with E-state index in [1.165, 1.54) is 12.7 Å². The van der Waals surface area contributed by atoms with Crippen molar-refractivity contribution in [3.8, 4) is 0 Å². The van der Waals surface area contributed by atoms with Crippen LogP contribution < -0.4 is 5.73 Å². The van der Waals surface area contributed by atoms with E-state index in [1.54, 1.807) is 0 Å². The molecule has 0 radical (unpaired) electrons. The van der Waals surface area contributed by atoms with Crippen LogP contribution in [0, 0.1) is 11.8 Å². The van der Waals surface area contributed by atoms with Gasteiger partial charge in [0.25, 0.3) is 0 Å². The van der Waals surface area contributed by atoms with Gasteiger partial charge in [-0.2, -0.15) is 0 Å². The summed E-state index contributed by atoms with van der Waals surface area (Å²) in [5.41, 5.74) is 5.76. The number of nitrogens with two attached hydrogens (primary N) is 1. The molecule has 1 saturated carbocycles. The molecule has 3 unspecified atom stereocenters. The molecule has 0 bridgehead atoms. The second-order valence-electron chi connectivity index (χ2n) is 6.76. The lowest BCUT2D eigenvalue weighted by Gasteiger charge is -2.42. The lowest BCUT2D eigenvalue weighted by molar-refractivity contribution is 0.124. The topological polar surface area (TPSA) is 63.4 Å². The Bertz CT molecular complexity index is 421. The Balaban J connectivity index is 2.24. The van der Waals surface area contributed by atoms with Gasteiger partial charge in [-0.15, -0.1) is 0 Å². The lowest BCUT2D eigenvalue weighted by atomic mass is 9.93. The van der Waals surface area contributed by atoms with Crippen LogP contribution in [0.5, 0.6) is 0 Å². The van der Waals surface area contributed by atoms with Crippen molar-refractivity contribution in [2.24, 2.45) is 17.6 Å². The van der Waals surface area contributed by atoms with Crippen LogP contribution in [0.3, 0.4) is 0 Å². The lowest BCUT2D eigenvalue weighted by Crippen LogP contribution is -2.59. The van der Waals surface area contributed by atoms with Crippen molar-refractivity contribution in [2.75, 3.05) is 25.9 Å². The third-order valence-electron chi connectivity index (χ3n) is 5.34. The van der Waals surface area contributed by atoms with Gasteiger partial charge in [-0.1, -0.05) is 20.3 Å². The first-order valence-corrected chi connectivity index (χ1v) is 9.40. The fourth-order valence-electron chi connectivity index (χ4n) is 4.10. The predicted octanol–water partition coefficient (Wildman–Crippen LogP) is 1.26. The van der Waals surface area contributed by atoms with Crippen molar-refractivity contribution in [1.82, 2.24) is 4.90 Å². The summed E-state index contributed by atoms with van der Waals surface area (Å²) in [4.78, 5) is 2.40. The zero-order chi connectivity index (χ0) is 14.3. The molecular formula is C14H28N2O2S. The Hall–Kier alpha value is -0.130. The maximum Gasteiger partial charge on any atom is 0.152 e. The van der Waals surface area contributed by atoms with Crippen molar-refractivity contribution < 1.29 is 8.42 Å². The molecule has 1 heterocycles. The monoisotopic (exact) mass is 288 g/mol. The first-order chi connectivity index (χ1) is 8.81. The largest absolute Gasteiger partial charge is 0.329 e. The van der Waals surface area contributed by atoms with Gasteiger partial charge >= 0.3 is 0 Å². The summed E-state index contributed by atoms with van der Waals surface area (Å²) >= 11 is 0. The van der Waals surface area contributed by atoms with E-state index in [0.717, 1.165) is 32.4 Å². The summed E-state index contributed by atoms with van der Waals surface area (Å²) < 4.78 is 24.2. The van der Waals surface area contributed by atoms with E-state index in [4.69, 9.17) is 5.73 Å². The molecule has 112 valence electrons. The van der Waals surface area contributed by atoms with Crippen molar-refractivity contribution in [2.45, 2.75) is 50.3 Å². The van der Waals surface area contributed by atoms with Gasteiger partial charge in [0.15, 0.2) is 9.84 Å². The average molecular weight is 288 g/mol. The van der Waals surface area contributed by atoms with Crippen molar-refractivity contribution >= 4 is 9.84 Å². The van der Waals surface area contributed by atoms with E-state index in [0.29, 0.717) is 18.4 Å². The molecular weight excluding hydrogens is 260 g/mol. The standard InChI is InChI=1S/C14H28N2O2S/c1-11(2)12-6-8-16(9-12)14(10-15)7-4-5-13(14)19(3,17)18/h11-13H,4-10,15H2,1-3H3. The second-order valence-corrected chi connectivity index (χ2v) is 8.98. The molecule has 0 spiro atoms. The fourth-order valence-corrected chi connectivity index (χ4v) is 5.85. The minimum Gasteiger partial charge on any atom is -0.329 e. The first kappa shape index (κ1) is 15.3. The summed E-state index contributed by atoms with van der Waals surface area (Å²) in [5, 5.41) is -0.268. The molecule has 3 atom stereocenters. The number of likely N-dealkylation sites (tertiary alicyclic amines) is 1. The summed E-state index contributed by atoms with van der Waals surface area (Å²) in [6.07, 6.45) is 5.25. The Morgan fingerprint density at radius 3 is 2.53 bits per heavy atom. The van der Waals surface area contributed by atoms with Crippen LogP contribution in [0.4, 0.5) is 0 Å². The van der Waals surface area contributed by atoms with E-state index in [9.17, 15) is 8.42 Å². The number of hydrogen-bond donors (Lipinski definition) is 1. The van der Waals surface area contributed by atoms with Gasteiger partial charge in [-0.25, -0.2) is 8.42 Å². The van der Waals surface area contributed by atoms with Crippen molar-refractivity contribution in [3.63, 3.8) is 0 Å². The molecule has 2 N–H and O–H groups in total. The SMILES string of the molecule is CC(C)C1CCN(C2(CN)CCCC2S(C)(=O)=O)C1. The van der Waals surface area contributed by atoms with Gasteiger partial charge < -0.3 is 5.73 Å². The van der Waals surface area contributed by atoms with Gasteiger partial charge in [0.05, 0.1) is 5.25 Å². The molecule has 1 aliphatic carbocycles. The van der Waals surface area contributed by atoms with Crippen LogP contribution in [-0.4, -0.2) is 50.0 Å². The highest BCUT2D eigenvalue weighted by molar-refractivity contribution is 7.91. The number of rotatable bonds is 4. The third-order valence-corrected chi connectivity index (χ3v) is 7.05. The molecule has 0 aromatic rings. The molecule has 2 rings (SSSR count). The van der Waals surface area contributed by atoms with Gasteiger partial charge in [0.2, 0.25) is 0 Å². The fraction of sp³-hybridized carbons (Fsp3) is 1.00.